The third kappa shape index (κ3) is 7.29. The van der Waals surface area contributed by atoms with Crippen LogP contribution < -0.4 is 9.64 Å². The van der Waals surface area contributed by atoms with Crippen molar-refractivity contribution in [2.75, 3.05) is 58.6 Å². The zero-order valence-corrected chi connectivity index (χ0v) is 22.6. The molecule has 4 rings (SSSR count). The number of anilines is 2. The highest BCUT2D eigenvalue weighted by molar-refractivity contribution is 6.38. The molecule has 0 radical (unpaired) electrons. The van der Waals surface area contributed by atoms with Crippen LogP contribution in [0, 0.1) is 0 Å². The van der Waals surface area contributed by atoms with Crippen LogP contribution in [-0.2, 0) is 20.4 Å². The van der Waals surface area contributed by atoms with Gasteiger partial charge in [-0.25, -0.2) is 0 Å². The van der Waals surface area contributed by atoms with E-state index in [1.165, 1.54) is 12.1 Å². The Hall–Kier alpha value is -3.66. The Morgan fingerprint density at radius 2 is 1.55 bits per heavy atom. The van der Waals surface area contributed by atoms with E-state index in [4.69, 9.17) is 14.2 Å². The molecule has 0 saturated heterocycles. The molecule has 40 heavy (non-hydrogen) atoms. The van der Waals surface area contributed by atoms with Gasteiger partial charge in [-0.2, -0.15) is 13.2 Å². The number of carbonyl (C=O) groups is 1. The highest BCUT2D eigenvalue weighted by Crippen LogP contribution is 2.42. The van der Waals surface area contributed by atoms with Crippen molar-refractivity contribution in [3.8, 4) is 5.75 Å². The highest BCUT2D eigenvalue weighted by atomic mass is 19.4. The Labute approximate surface area is 232 Å². The number of amides is 1. The van der Waals surface area contributed by atoms with Crippen molar-refractivity contribution in [3.05, 3.63) is 89.5 Å². The first-order chi connectivity index (χ1) is 19.3. The van der Waals surface area contributed by atoms with Gasteiger partial charge in [0.25, 0.3) is 5.91 Å². The molecule has 1 aliphatic heterocycles. The van der Waals surface area contributed by atoms with Gasteiger partial charge in [-0.3, -0.25) is 14.6 Å². The van der Waals surface area contributed by atoms with E-state index in [0.29, 0.717) is 53.6 Å². The fourth-order valence-electron chi connectivity index (χ4n) is 4.55. The first-order valence-corrected chi connectivity index (χ1v) is 13.1. The third-order valence-corrected chi connectivity index (χ3v) is 6.60. The molecular weight excluding hydrogens is 521 g/mol. The van der Waals surface area contributed by atoms with Crippen LogP contribution in [0.2, 0.25) is 0 Å². The van der Waals surface area contributed by atoms with E-state index in [1.807, 2.05) is 24.3 Å². The lowest BCUT2D eigenvalue weighted by molar-refractivity contribution is -0.137. The van der Waals surface area contributed by atoms with Crippen molar-refractivity contribution in [2.24, 2.45) is 0 Å². The van der Waals surface area contributed by atoms with Gasteiger partial charge in [-0.05, 0) is 60.5 Å². The molecule has 1 amide bonds. The fraction of sp³-hybridized carbons (Fsp3) is 0.323. The maximum atomic E-state index is 13.5. The molecule has 0 fully saturated rings. The quantitative estimate of drug-likeness (QED) is 0.184. The van der Waals surface area contributed by atoms with E-state index in [-0.39, 0.29) is 5.91 Å². The molecule has 0 bridgehead atoms. The third-order valence-electron chi connectivity index (χ3n) is 6.60. The van der Waals surface area contributed by atoms with Gasteiger partial charge in [0.1, 0.15) is 5.75 Å². The fourth-order valence-corrected chi connectivity index (χ4v) is 4.55. The van der Waals surface area contributed by atoms with E-state index in [9.17, 15) is 18.0 Å². The van der Waals surface area contributed by atoms with E-state index in [2.05, 4.69) is 4.90 Å². The number of methoxy groups -OCH3 is 2. The van der Waals surface area contributed by atoms with Crippen molar-refractivity contribution in [1.29, 1.82) is 0 Å². The molecule has 0 atom stereocenters. The average molecular weight is 555 g/mol. The summed E-state index contributed by atoms with van der Waals surface area (Å²) in [5.41, 5.74) is 1.86. The SMILES string of the molecule is COCCN(CCCOc1ccc(N2C(=O)/C(=C\c3cccc(C(F)(F)F)c3)c3ccccc32)cc1)CCOC. The highest BCUT2D eigenvalue weighted by Gasteiger charge is 2.34. The van der Waals surface area contributed by atoms with Crippen molar-refractivity contribution >= 4 is 28.9 Å². The minimum atomic E-state index is -4.46. The summed E-state index contributed by atoms with van der Waals surface area (Å²) in [5, 5.41) is 0. The largest absolute Gasteiger partial charge is 0.494 e. The molecular formula is C31H33F3N2O4. The van der Waals surface area contributed by atoms with Gasteiger partial charge in [-0.1, -0.05) is 30.3 Å². The van der Waals surface area contributed by atoms with E-state index >= 15 is 0 Å². The van der Waals surface area contributed by atoms with Gasteiger partial charge in [0.05, 0.1) is 36.6 Å². The number of para-hydroxylation sites is 1. The number of hydrogen-bond acceptors (Lipinski definition) is 5. The van der Waals surface area contributed by atoms with E-state index < -0.39 is 11.7 Å². The number of rotatable bonds is 13. The molecule has 0 aliphatic carbocycles. The molecule has 3 aromatic rings. The second-order valence-corrected chi connectivity index (χ2v) is 9.36. The molecule has 9 heteroatoms. The van der Waals surface area contributed by atoms with Crippen LogP contribution in [0.3, 0.4) is 0 Å². The van der Waals surface area contributed by atoms with Gasteiger partial charge < -0.3 is 14.2 Å². The Morgan fingerprint density at radius 1 is 0.850 bits per heavy atom. The smallest absolute Gasteiger partial charge is 0.416 e. The first-order valence-electron chi connectivity index (χ1n) is 13.1. The lowest BCUT2D eigenvalue weighted by atomic mass is 10.0. The second kappa shape index (κ2) is 13.6. The number of ether oxygens (including phenoxy) is 3. The number of hydrogen-bond donors (Lipinski definition) is 0. The minimum absolute atomic E-state index is 0.306. The number of benzene rings is 3. The molecule has 3 aromatic carbocycles. The molecule has 212 valence electrons. The number of carbonyl (C=O) groups excluding carboxylic acids is 1. The summed E-state index contributed by atoms with van der Waals surface area (Å²) in [6.07, 6.45) is -2.12. The van der Waals surface area contributed by atoms with Crippen LogP contribution >= 0.6 is 0 Å². The van der Waals surface area contributed by atoms with Crippen molar-refractivity contribution in [1.82, 2.24) is 4.90 Å². The zero-order chi connectivity index (χ0) is 28.5. The lowest BCUT2D eigenvalue weighted by Crippen LogP contribution is -2.32. The van der Waals surface area contributed by atoms with Crippen LogP contribution in [-0.4, -0.2) is 64.5 Å². The standard InChI is InChI=1S/C31H33F3N2O4/c1-38-19-16-35(17-20-39-2)15-6-18-40-26-13-11-25(12-14-26)36-29-10-4-3-9-27(29)28(30(36)37)22-23-7-5-8-24(21-23)31(32,33)34/h3-5,7-14,21-22H,6,15-20H2,1-2H3/b28-22-. The summed E-state index contributed by atoms with van der Waals surface area (Å²) in [4.78, 5) is 17.4. The molecule has 1 aliphatic rings. The lowest BCUT2D eigenvalue weighted by Gasteiger charge is -2.21. The molecule has 0 saturated carbocycles. The van der Waals surface area contributed by atoms with E-state index in [0.717, 1.165) is 38.2 Å². The number of alkyl halides is 3. The summed E-state index contributed by atoms with van der Waals surface area (Å²) in [5.74, 6) is 0.378. The molecule has 6 nitrogen and oxygen atoms in total. The molecule has 1 heterocycles. The summed E-state index contributed by atoms with van der Waals surface area (Å²) in [6.45, 7) is 4.34. The van der Waals surface area contributed by atoms with Crippen LogP contribution in [0.5, 0.6) is 5.75 Å². The zero-order valence-electron chi connectivity index (χ0n) is 22.6. The van der Waals surface area contributed by atoms with Crippen molar-refractivity contribution < 1.29 is 32.2 Å². The minimum Gasteiger partial charge on any atom is -0.494 e. The topological polar surface area (TPSA) is 51.2 Å². The molecule has 0 aromatic heterocycles. The maximum absolute atomic E-state index is 13.5. The Morgan fingerprint density at radius 3 is 2.23 bits per heavy atom. The summed E-state index contributed by atoms with van der Waals surface area (Å²) >= 11 is 0. The number of halogens is 3. The molecule has 0 unspecified atom stereocenters. The van der Waals surface area contributed by atoms with Crippen LogP contribution in [0.4, 0.5) is 24.5 Å². The van der Waals surface area contributed by atoms with Gasteiger partial charge in [0.15, 0.2) is 0 Å². The predicted molar refractivity (Wildman–Crippen MR) is 150 cm³/mol. The first kappa shape index (κ1) is 29.3. The van der Waals surface area contributed by atoms with Crippen molar-refractivity contribution in [2.45, 2.75) is 12.6 Å². The molecule has 0 spiro atoms. The van der Waals surface area contributed by atoms with Crippen molar-refractivity contribution in [3.63, 3.8) is 0 Å². The number of nitrogens with zero attached hydrogens (tertiary/aromatic N) is 2. The maximum Gasteiger partial charge on any atom is 0.416 e. The monoisotopic (exact) mass is 554 g/mol. The normalized spacial score (nSPS) is 14.3. The van der Waals surface area contributed by atoms with Crippen LogP contribution in [0.25, 0.3) is 11.6 Å². The van der Waals surface area contributed by atoms with E-state index in [1.54, 1.807) is 49.5 Å². The van der Waals surface area contributed by atoms with Crippen LogP contribution in [0.1, 0.15) is 23.1 Å². The van der Waals surface area contributed by atoms with Gasteiger partial charge in [-0.15, -0.1) is 0 Å². The van der Waals surface area contributed by atoms with Crippen LogP contribution in [0.15, 0.2) is 72.8 Å². The van der Waals surface area contributed by atoms with Gasteiger partial charge >= 0.3 is 6.18 Å². The average Bonchev–Trinajstić information content (AvgIpc) is 3.23. The Kier molecular flexibility index (Phi) is 9.98. The number of fused-ring (bicyclic) bond motifs is 1. The summed E-state index contributed by atoms with van der Waals surface area (Å²) in [6, 6.07) is 19.4. The summed E-state index contributed by atoms with van der Waals surface area (Å²) in [7, 11) is 3.37. The van der Waals surface area contributed by atoms with Gasteiger partial charge in [0, 0.05) is 45.1 Å². The molecule has 0 N–H and O–H groups in total. The Balaban J connectivity index is 1.45. The predicted octanol–water partition coefficient (Wildman–Crippen LogP) is 6.29. The summed E-state index contributed by atoms with van der Waals surface area (Å²) < 4.78 is 55.9. The second-order valence-electron chi connectivity index (χ2n) is 9.36. The van der Waals surface area contributed by atoms with Gasteiger partial charge in [0.2, 0.25) is 0 Å². The Bertz CT molecular complexity index is 1300.